The summed E-state index contributed by atoms with van der Waals surface area (Å²) >= 11 is 0. The van der Waals surface area contributed by atoms with Crippen LogP contribution >= 0.6 is 0 Å². The zero-order valence-corrected chi connectivity index (χ0v) is 10.7. The standard InChI is InChI=1S/C13H16N4O2/c1-17-8-4-10(9-12(17)18)13(19)16-5-2-3-11-14-6-7-15-11/h4,6-9H,2-3,5H2,1H3,(H,14,15)(H,16,19). The molecule has 0 spiro atoms. The van der Waals surface area contributed by atoms with Gasteiger partial charge in [0, 0.05) is 50.2 Å². The fourth-order valence-corrected chi connectivity index (χ4v) is 1.68. The van der Waals surface area contributed by atoms with E-state index in [1.54, 1.807) is 31.7 Å². The molecule has 6 heteroatoms. The van der Waals surface area contributed by atoms with E-state index in [4.69, 9.17) is 0 Å². The van der Waals surface area contributed by atoms with Crippen LogP contribution in [0.1, 0.15) is 22.6 Å². The highest BCUT2D eigenvalue weighted by Gasteiger charge is 2.06. The molecular formula is C13H16N4O2. The fourth-order valence-electron chi connectivity index (χ4n) is 1.68. The highest BCUT2D eigenvalue weighted by molar-refractivity contribution is 5.93. The summed E-state index contributed by atoms with van der Waals surface area (Å²) in [6.07, 6.45) is 6.63. The van der Waals surface area contributed by atoms with Gasteiger partial charge >= 0.3 is 0 Å². The fraction of sp³-hybridized carbons (Fsp3) is 0.308. The summed E-state index contributed by atoms with van der Waals surface area (Å²) in [5.41, 5.74) is 0.198. The van der Waals surface area contributed by atoms with E-state index in [2.05, 4.69) is 15.3 Å². The van der Waals surface area contributed by atoms with E-state index in [0.29, 0.717) is 12.1 Å². The monoisotopic (exact) mass is 260 g/mol. The van der Waals surface area contributed by atoms with Crippen molar-refractivity contribution in [3.8, 4) is 0 Å². The second kappa shape index (κ2) is 5.99. The molecule has 0 aliphatic carbocycles. The number of amides is 1. The number of aryl methyl sites for hydroxylation is 2. The van der Waals surface area contributed by atoms with Crippen molar-refractivity contribution in [1.29, 1.82) is 0 Å². The maximum Gasteiger partial charge on any atom is 0.251 e. The Kier molecular flexibility index (Phi) is 4.12. The molecule has 0 bridgehead atoms. The molecular weight excluding hydrogens is 244 g/mol. The van der Waals surface area contributed by atoms with Crippen LogP contribution in [0.4, 0.5) is 0 Å². The lowest BCUT2D eigenvalue weighted by Crippen LogP contribution is -2.27. The van der Waals surface area contributed by atoms with E-state index in [1.807, 2.05) is 0 Å². The van der Waals surface area contributed by atoms with Gasteiger partial charge in [-0.3, -0.25) is 9.59 Å². The van der Waals surface area contributed by atoms with Crippen molar-refractivity contribution >= 4 is 5.91 Å². The van der Waals surface area contributed by atoms with E-state index < -0.39 is 0 Å². The number of carbonyl (C=O) groups is 1. The van der Waals surface area contributed by atoms with E-state index >= 15 is 0 Å². The summed E-state index contributed by atoms with van der Waals surface area (Å²) in [7, 11) is 1.65. The van der Waals surface area contributed by atoms with Crippen LogP contribution in [0.15, 0.2) is 35.5 Å². The van der Waals surface area contributed by atoms with Crippen LogP contribution in [0.5, 0.6) is 0 Å². The highest BCUT2D eigenvalue weighted by atomic mass is 16.2. The Hall–Kier alpha value is -2.37. The summed E-state index contributed by atoms with van der Waals surface area (Å²) < 4.78 is 1.42. The maximum atomic E-state index is 11.8. The molecule has 100 valence electrons. The molecule has 2 aromatic rings. The molecule has 1 amide bonds. The molecule has 0 saturated heterocycles. The van der Waals surface area contributed by atoms with Gasteiger partial charge in [0.2, 0.25) is 0 Å². The van der Waals surface area contributed by atoms with Crippen LogP contribution in [0.2, 0.25) is 0 Å². The van der Waals surface area contributed by atoms with Crippen molar-refractivity contribution in [2.24, 2.45) is 7.05 Å². The van der Waals surface area contributed by atoms with Crippen LogP contribution in [-0.2, 0) is 13.5 Å². The molecule has 0 aromatic carbocycles. The average molecular weight is 260 g/mol. The van der Waals surface area contributed by atoms with Gasteiger partial charge in [-0.1, -0.05) is 0 Å². The number of H-pyrrole nitrogens is 1. The second-order valence-electron chi connectivity index (χ2n) is 4.26. The quantitative estimate of drug-likeness (QED) is 0.767. The first-order chi connectivity index (χ1) is 9.16. The number of pyridine rings is 1. The predicted octanol–water partition coefficient (Wildman–Crippen LogP) is 0.471. The number of aromatic amines is 1. The van der Waals surface area contributed by atoms with E-state index in [1.165, 1.54) is 10.6 Å². The Labute approximate surface area is 110 Å². The molecule has 2 N–H and O–H groups in total. The summed E-state index contributed by atoms with van der Waals surface area (Å²) in [5.74, 6) is 0.681. The van der Waals surface area contributed by atoms with Crippen LogP contribution in [-0.4, -0.2) is 27.0 Å². The lowest BCUT2D eigenvalue weighted by atomic mass is 10.2. The molecule has 0 fully saturated rings. The summed E-state index contributed by atoms with van der Waals surface area (Å²) in [6, 6.07) is 2.96. The summed E-state index contributed by atoms with van der Waals surface area (Å²) in [4.78, 5) is 30.3. The van der Waals surface area contributed by atoms with Crippen LogP contribution in [0, 0.1) is 0 Å². The first-order valence-electron chi connectivity index (χ1n) is 6.10. The van der Waals surface area contributed by atoms with Crippen molar-refractivity contribution in [3.05, 3.63) is 52.5 Å². The number of hydrogen-bond donors (Lipinski definition) is 2. The molecule has 0 atom stereocenters. The molecule has 19 heavy (non-hydrogen) atoms. The van der Waals surface area contributed by atoms with Crippen molar-refractivity contribution in [3.63, 3.8) is 0 Å². The minimum Gasteiger partial charge on any atom is -0.352 e. The molecule has 2 aromatic heterocycles. The first-order valence-corrected chi connectivity index (χ1v) is 6.10. The van der Waals surface area contributed by atoms with Crippen molar-refractivity contribution < 1.29 is 4.79 Å². The molecule has 0 aliphatic heterocycles. The van der Waals surface area contributed by atoms with E-state index in [-0.39, 0.29) is 11.5 Å². The number of nitrogens with zero attached hydrogens (tertiary/aromatic N) is 2. The van der Waals surface area contributed by atoms with Crippen molar-refractivity contribution in [1.82, 2.24) is 19.9 Å². The molecule has 2 heterocycles. The van der Waals surface area contributed by atoms with Gasteiger partial charge in [-0.15, -0.1) is 0 Å². The number of hydrogen-bond acceptors (Lipinski definition) is 3. The van der Waals surface area contributed by atoms with Gasteiger partial charge in [0.25, 0.3) is 11.5 Å². The number of rotatable bonds is 5. The number of nitrogens with one attached hydrogen (secondary N) is 2. The minimum absolute atomic E-state index is 0.191. The van der Waals surface area contributed by atoms with Crippen LogP contribution < -0.4 is 10.9 Å². The third kappa shape index (κ3) is 3.54. The first kappa shape index (κ1) is 13.1. The molecule has 0 aliphatic rings. The zero-order valence-electron chi connectivity index (χ0n) is 10.7. The zero-order chi connectivity index (χ0) is 13.7. The minimum atomic E-state index is -0.225. The summed E-state index contributed by atoms with van der Waals surface area (Å²) in [5, 5.41) is 2.78. The normalized spacial score (nSPS) is 10.4. The molecule has 0 saturated carbocycles. The van der Waals surface area contributed by atoms with Crippen molar-refractivity contribution in [2.75, 3.05) is 6.54 Å². The van der Waals surface area contributed by atoms with Gasteiger partial charge in [0.15, 0.2) is 0 Å². The Balaban J connectivity index is 1.81. The molecule has 2 rings (SSSR count). The largest absolute Gasteiger partial charge is 0.352 e. The van der Waals surface area contributed by atoms with E-state index in [0.717, 1.165) is 18.7 Å². The molecule has 6 nitrogen and oxygen atoms in total. The predicted molar refractivity (Wildman–Crippen MR) is 70.9 cm³/mol. The molecule has 0 radical (unpaired) electrons. The van der Waals surface area contributed by atoms with Gasteiger partial charge in [-0.2, -0.15) is 0 Å². The lowest BCUT2D eigenvalue weighted by molar-refractivity contribution is 0.0953. The number of carbonyl (C=O) groups excluding carboxylic acids is 1. The Morgan fingerprint density at radius 1 is 1.53 bits per heavy atom. The van der Waals surface area contributed by atoms with Gasteiger partial charge in [-0.25, -0.2) is 4.98 Å². The molecule has 0 unspecified atom stereocenters. The second-order valence-corrected chi connectivity index (χ2v) is 4.26. The SMILES string of the molecule is Cn1ccc(C(=O)NCCCc2ncc[nH]2)cc1=O. The topological polar surface area (TPSA) is 79.8 Å². The van der Waals surface area contributed by atoms with Gasteiger partial charge < -0.3 is 14.9 Å². The van der Waals surface area contributed by atoms with Gasteiger partial charge in [0.05, 0.1) is 0 Å². The Morgan fingerprint density at radius 2 is 2.37 bits per heavy atom. The smallest absolute Gasteiger partial charge is 0.251 e. The Bertz CT molecular complexity index is 601. The van der Waals surface area contributed by atoms with Crippen LogP contribution in [0.3, 0.4) is 0 Å². The van der Waals surface area contributed by atoms with Gasteiger partial charge in [-0.05, 0) is 12.5 Å². The highest BCUT2D eigenvalue weighted by Crippen LogP contribution is 1.96. The summed E-state index contributed by atoms with van der Waals surface area (Å²) in [6.45, 7) is 0.550. The third-order valence-electron chi connectivity index (χ3n) is 2.80. The van der Waals surface area contributed by atoms with Crippen molar-refractivity contribution in [2.45, 2.75) is 12.8 Å². The van der Waals surface area contributed by atoms with Gasteiger partial charge in [0.1, 0.15) is 5.82 Å². The average Bonchev–Trinajstić information content (AvgIpc) is 2.91. The number of imidazole rings is 1. The van der Waals surface area contributed by atoms with E-state index in [9.17, 15) is 9.59 Å². The number of aromatic nitrogens is 3. The lowest BCUT2D eigenvalue weighted by Gasteiger charge is -2.05. The maximum absolute atomic E-state index is 11.8. The Morgan fingerprint density at radius 3 is 3.05 bits per heavy atom. The van der Waals surface area contributed by atoms with Crippen LogP contribution in [0.25, 0.3) is 0 Å². The third-order valence-corrected chi connectivity index (χ3v) is 2.80.